The summed E-state index contributed by atoms with van der Waals surface area (Å²) >= 11 is 0. The van der Waals surface area contributed by atoms with E-state index in [0.717, 1.165) is 42.5 Å². The van der Waals surface area contributed by atoms with Gasteiger partial charge in [-0.05, 0) is 69.4 Å². The van der Waals surface area contributed by atoms with Gasteiger partial charge in [-0.15, -0.1) is 0 Å². The molecule has 0 atom stereocenters. The Morgan fingerprint density at radius 3 is 2.49 bits per heavy atom. The van der Waals surface area contributed by atoms with Gasteiger partial charge in [0.15, 0.2) is 0 Å². The van der Waals surface area contributed by atoms with E-state index in [1.807, 2.05) is 68.3 Å². The maximum absolute atomic E-state index is 13.6. The van der Waals surface area contributed by atoms with E-state index < -0.39 is 0 Å². The molecule has 6 heteroatoms. The van der Waals surface area contributed by atoms with E-state index in [-0.39, 0.29) is 30.3 Å². The number of H-pyrrole nitrogens is 1. The van der Waals surface area contributed by atoms with Crippen LogP contribution in [0.15, 0.2) is 54.7 Å². The summed E-state index contributed by atoms with van der Waals surface area (Å²) in [7, 11) is 0. The predicted octanol–water partition coefficient (Wildman–Crippen LogP) is 5.18. The maximum Gasteiger partial charge on any atom is 0.242 e. The Labute approximate surface area is 208 Å². The maximum atomic E-state index is 13.6. The molecule has 2 aromatic carbocycles. The fourth-order valence-electron chi connectivity index (χ4n) is 4.61. The number of ether oxygens (including phenoxy) is 1. The molecule has 1 N–H and O–H groups in total. The molecule has 186 valence electrons. The second kappa shape index (κ2) is 11.4. The Hall–Kier alpha value is -3.28. The highest BCUT2D eigenvalue weighted by atomic mass is 16.5. The third-order valence-electron chi connectivity index (χ3n) is 6.95. The van der Waals surface area contributed by atoms with Gasteiger partial charge in [0.1, 0.15) is 5.75 Å². The molecule has 1 saturated carbocycles. The van der Waals surface area contributed by atoms with Crippen LogP contribution in [0.25, 0.3) is 10.9 Å². The van der Waals surface area contributed by atoms with Gasteiger partial charge < -0.3 is 19.5 Å². The van der Waals surface area contributed by atoms with E-state index in [1.165, 1.54) is 10.9 Å². The van der Waals surface area contributed by atoms with Gasteiger partial charge in [-0.25, -0.2) is 0 Å². The van der Waals surface area contributed by atoms with Crippen LogP contribution in [0.3, 0.4) is 0 Å². The Bertz CT molecular complexity index is 1130. The standard InChI is InChI=1S/C29H37N3O3/c1-4-35-25-14-12-22(13-15-25)19-31(17-16-24-18-30-27-11-6-5-10-26(24)27)28(33)20-32(21(2)3)29(34)23-8-7-9-23/h5-6,10-15,18,21,23,30H,4,7-9,16-17,19-20H2,1-3H3. The van der Waals surface area contributed by atoms with Gasteiger partial charge in [0, 0.05) is 42.1 Å². The zero-order valence-electron chi connectivity index (χ0n) is 21.1. The number of benzene rings is 2. The molecular weight excluding hydrogens is 438 g/mol. The van der Waals surface area contributed by atoms with E-state index >= 15 is 0 Å². The number of nitrogens with one attached hydrogen (secondary N) is 1. The minimum atomic E-state index is -0.0138. The van der Waals surface area contributed by atoms with Crippen LogP contribution in [-0.4, -0.2) is 52.3 Å². The highest BCUT2D eigenvalue weighted by Crippen LogP contribution is 2.29. The van der Waals surface area contributed by atoms with Crippen molar-refractivity contribution in [3.63, 3.8) is 0 Å². The van der Waals surface area contributed by atoms with E-state index in [2.05, 4.69) is 17.1 Å². The smallest absolute Gasteiger partial charge is 0.242 e. The van der Waals surface area contributed by atoms with E-state index in [1.54, 1.807) is 4.90 Å². The third-order valence-corrected chi connectivity index (χ3v) is 6.95. The number of rotatable bonds is 11. The minimum Gasteiger partial charge on any atom is -0.494 e. The summed E-state index contributed by atoms with van der Waals surface area (Å²) in [5, 5.41) is 1.19. The molecular formula is C29H37N3O3. The molecule has 35 heavy (non-hydrogen) atoms. The number of nitrogens with zero attached hydrogens (tertiary/aromatic N) is 2. The first-order chi connectivity index (χ1) is 17.0. The van der Waals surface area contributed by atoms with Gasteiger partial charge in [0.25, 0.3) is 0 Å². The molecule has 1 fully saturated rings. The molecule has 0 saturated heterocycles. The molecule has 0 radical (unpaired) electrons. The number of para-hydroxylation sites is 1. The summed E-state index contributed by atoms with van der Waals surface area (Å²) in [4.78, 5) is 33.6. The number of carbonyl (C=O) groups excluding carboxylic acids is 2. The van der Waals surface area contributed by atoms with Gasteiger partial charge >= 0.3 is 0 Å². The summed E-state index contributed by atoms with van der Waals surface area (Å²) in [6.07, 6.45) is 5.75. The molecule has 0 bridgehead atoms. The summed E-state index contributed by atoms with van der Waals surface area (Å²) < 4.78 is 5.57. The van der Waals surface area contributed by atoms with Gasteiger partial charge in [-0.1, -0.05) is 36.8 Å². The second-order valence-corrected chi connectivity index (χ2v) is 9.69. The number of fused-ring (bicyclic) bond motifs is 1. The van der Waals surface area contributed by atoms with Crippen LogP contribution >= 0.6 is 0 Å². The summed E-state index contributed by atoms with van der Waals surface area (Å²) in [6.45, 7) is 7.77. The topological polar surface area (TPSA) is 65.6 Å². The normalized spacial score (nSPS) is 13.6. The minimum absolute atomic E-state index is 0.00649. The molecule has 0 spiro atoms. The fourth-order valence-corrected chi connectivity index (χ4v) is 4.61. The zero-order valence-corrected chi connectivity index (χ0v) is 21.1. The number of hydrogen-bond donors (Lipinski definition) is 1. The molecule has 1 aliphatic rings. The predicted molar refractivity (Wildman–Crippen MR) is 139 cm³/mol. The van der Waals surface area contributed by atoms with Crippen LogP contribution in [0.1, 0.15) is 51.2 Å². The van der Waals surface area contributed by atoms with E-state index in [9.17, 15) is 9.59 Å². The Balaban J connectivity index is 1.50. The van der Waals surface area contributed by atoms with Gasteiger partial charge in [-0.3, -0.25) is 9.59 Å². The Kier molecular flexibility index (Phi) is 8.11. The van der Waals surface area contributed by atoms with Crippen molar-refractivity contribution in [1.82, 2.24) is 14.8 Å². The highest BCUT2D eigenvalue weighted by Gasteiger charge is 2.32. The number of carbonyl (C=O) groups is 2. The van der Waals surface area contributed by atoms with Crippen LogP contribution < -0.4 is 4.74 Å². The largest absolute Gasteiger partial charge is 0.494 e. The zero-order chi connectivity index (χ0) is 24.8. The van der Waals surface area contributed by atoms with Crippen LogP contribution in [0.4, 0.5) is 0 Å². The first kappa shape index (κ1) is 24.8. The van der Waals surface area contributed by atoms with Crippen LogP contribution in [0.5, 0.6) is 5.75 Å². The number of aromatic nitrogens is 1. The van der Waals surface area contributed by atoms with Crippen molar-refractivity contribution in [2.45, 2.75) is 59.0 Å². The highest BCUT2D eigenvalue weighted by molar-refractivity contribution is 5.87. The third kappa shape index (κ3) is 6.05. The fraction of sp³-hybridized carbons (Fsp3) is 0.448. The molecule has 0 aliphatic heterocycles. The lowest BCUT2D eigenvalue weighted by Crippen LogP contribution is -2.49. The average Bonchev–Trinajstić information content (AvgIpc) is 3.23. The van der Waals surface area contributed by atoms with Crippen molar-refractivity contribution in [2.24, 2.45) is 5.92 Å². The lowest BCUT2D eigenvalue weighted by molar-refractivity contribution is -0.146. The molecule has 0 unspecified atom stereocenters. The molecule has 3 aromatic rings. The summed E-state index contributed by atoms with van der Waals surface area (Å²) in [5.41, 5.74) is 3.34. The Morgan fingerprint density at radius 1 is 1.09 bits per heavy atom. The van der Waals surface area contributed by atoms with Crippen molar-refractivity contribution in [3.8, 4) is 5.75 Å². The molecule has 4 rings (SSSR count). The summed E-state index contributed by atoms with van der Waals surface area (Å²) in [6, 6.07) is 16.1. The second-order valence-electron chi connectivity index (χ2n) is 9.69. The lowest BCUT2D eigenvalue weighted by atomic mass is 9.84. The first-order valence-electron chi connectivity index (χ1n) is 12.8. The number of hydrogen-bond acceptors (Lipinski definition) is 3. The van der Waals surface area contributed by atoms with Crippen LogP contribution in [0.2, 0.25) is 0 Å². The molecule has 1 heterocycles. The molecule has 2 amide bonds. The van der Waals surface area contributed by atoms with Gasteiger partial charge in [0.2, 0.25) is 11.8 Å². The molecule has 1 aliphatic carbocycles. The van der Waals surface area contributed by atoms with Crippen molar-refractivity contribution >= 4 is 22.7 Å². The van der Waals surface area contributed by atoms with Crippen molar-refractivity contribution in [3.05, 3.63) is 65.9 Å². The van der Waals surface area contributed by atoms with Crippen LogP contribution in [-0.2, 0) is 22.6 Å². The quantitative estimate of drug-likeness (QED) is 0.416. The van der Waals surface area contributed by atoms with Crippen LogP contribution in [0, 0.1) is 5.92 Å². The van der Waals surface area contributed by atoms with Crippen molar-refractivity contribution in [1.29, 1.82) is 0 Å². The summed E-state index contributed by atoms with van der Waals surface area (Å²) in [5.74, 6) is 1.01. The van der Waals surface area contributed by atoms with E-state index in [0.29, 0.717) is 19.7 Å². The molecule has 6 nitrogen and oxygen atoms in total. The SMILES string of the molecule is CCOc1ccc(CN(CCc2c[nH]c3ccccc23)C(=O)CN(C(=O)C2CCC2)C(C)C)cc1. The van der Waals surface area contributed by atoms with Crippen molar-refractivity contribution < 1.29 is 14.3 Å². The van der Waals surface area contributed by atoms with Gasteiger partial charge in [0.05, 0.1) is 13.2 Å². The number of amides is 2. The number of aromatic amines is 1. The Morgan fingerprint density at radius 2 is 1.83 bits per heavy atom. The van der Waals surface area contributed by atoms with Crippen molar-refractivity contribution in [2.75, 3.05) is 19.7 Å². The lowest BCUT2D eigenvalue weighted by Gasteiger charge is -2.35. The van der Waals surface area contributed by atoms with E-state index in [4.69, 9.17) is 4.74 Å². The average molecular weight is 476 g/mol. The first-order valence-corrected chi connectivity index (χ1v) is 12.8. The molecule has 1 aromatic heterocycles. The monoisotopic (exact) mass is 475 g/mol. The van der Waals surface area contributed by atoms with Gasteiger partial charge in [-0.2, -0.15) is 0 Å².